The van der Waals surface area contributed by atoms with Crippen LogP contribution < -0.4 is 11.1 Å². The number of para-hydroxylation sites is 2. The Morgan fingerprint density at radius 2 is 2.04 bits per heavy atom. The summed E-state index contributed by atoms with van der Waals surface area (Å²) in [6.45, 7) is 0.481. The maximum absolute atomic E-state index is 12.1. The van der Waals surface area contributed by atoms with Crippen LogP contribution in [0.25, 0.3) is 10.6 Å². The number of carbonyl (C=O) groups excluding carboxylic acids is 1. The molecule has 122 valence electrons. The van der Waals surface area contributed by atoms with Crippen molar-refractivity contribution < 1.29 is 9.90 Å². The Balaban J connectivity index is 1.69. The molecule has 1 aromatic heterocycles. The van der Waals surface area contributed by atoms with Gasteiger partial charge in [-0.1, -0.05) is 30.3 Å². The smallest absolute Gasteiger partial charge is 0.230 e. The zero-order valence-corrected chi connectivity index (χ0v) is 13.7. The summed E-state index contributed by atoms with van der Waals surface area (Å²) in [4.78, 5) is 16.6. The number of aromatic nitrogens is 1. The molecule has 0 saturated heterocycles. The lowest BCUT2D eigenvalue weighted by atomic mass is 10.1. The number of nitrogens with zero attached hydrogens (tertiary/aromatic N) is 1. The van der Waals surface area contributed by atoms with Crippen molar-refractivity contribution in [1.82, 2.24) is 4.98 Å². The Hall–Kier alpha value is -2.70. The quantitative estimate of drug-likeness (QED) is 0.623. The molecule has 5 nitrogen and oxygen atoms in total. The first kappa shape index (κ1) is 16.2. The normalized spacial score (nSPS) is 10.5. The molecule has 0 saturated carbocycles. The molecule has 0 fully saturated rings. The van der Waals surface area contributed by atoms with Crippen LogP contribution in [0.4, 0.5) is 5.69 Å². The molecule has 4 N–H and O–H groups in total. The highest BCUT2D eigenvalue weighted by Gasteiger charge is 2.11. The fourth-order valence-electron chi connectivity index (χ4n) is 2.29. The van der Waals surface area contributed by atoms with Crippen LogP contribution >= 0.6 is 11.3 Å². The second-order valence-corrected chi connectivity index (χ2v) is 6.15. The molecular weight excluding hydrogens is 322 g/mol. The van der Waals surface area contributed by atoms with Crippen molar-refractivity contribution in [2.75, 3.05) is 5.32 Å². The van der Waals surface area contributed by atoms with Crippen molar-refractivity contribution >= 4 is 22.9 Å². The van der Waals surface area contributed by atoms with E-state index in [0.717, 1.165) is 16.1 Å². The molecule has 6 heteroatoms. The van der Waals surface area contributed by atoms with E-state index >= 15 is 0 Å². The van der Waals surface area contributed by atoms with Crippen LogP contribution in [0.1, 0.15) is 11.3 Å². The molecule has 2 aromatic carbocycles. The number of rotatable bonds is 5. The first-order chi connectivity index (χ1) is 11.7. The SMILES string of the molecule is NCc1cccc(-c2nc(CC(=O)Nc3ccccc3O)cs2)c1. The fourth-order valence-corrected chi connectivity index (χ4v) is 3.11. The number of nitrogens with two attached hydrogens (primary N) is 1. The average Bonchev–Trinajstić information content (AvgIpc) is 3.05. The number of hydrogen-bond donors (Lipinski definition) is 3. The van der Waals surface area contributed by atoms with E-state index in [4.69, 9.17) is 5.73 Å². The maximum atomic E-state index is 12.1. The molecule has 0 spiro atoms. The lowest BCUT2D eigenvalue weighted by Gasteiger charge is -2.05. The van der Waals surface area contributed by atoms with Gasteiger partial charge in [-0.05, 0) is 23.8 Å². The van der Waals surface area contributed by atoms with E-state index in [2.05, 4.69) is 10.3 Å². The average molecular weight is 339 g/mol. The summed E-state index contributed by atoms with van der Waals surface area (Å²) in [5.41, 5.74) is 8.79. The fraction of sp³-hybridized carbons (Fsp3) is 0.111. The summed E-state index contributed by atoms with van der Waals surface area (Å²) >= 11 is 1.49. The van der Waals surface area contributed by atoms with E-state index in [0.29, 0.717) is 17.9 Å². The van der Waals surface area contributed by atoms with E-state index in [1.807, 2.05) is 29.6 Å². The van der Waals surface area contributed by atoms with Gasteiger partial charge in [-0.3, -0.25) is 4.79 Å². The third-order valence-corrected chi connectivity index (χ3v) is 4.42. The van der Waals surface area contributed by atoms with E-state index in [1.165, 1.54) is 17.4 Å². The molecule has 0 aliphatic carbocycles. The molecule has 0 aliphatic rings. The molecular formula is C18H17N3O2S. The largest absolute Gasteiger partial charge is 0.506 e. The van der Waals surface area contributed by atoms with E-state index in [-0.39, 0.29) is 18.1 Å². The van der Waals surface area contributed by atoms with Gasteiger partial charge in [0.15, 0.2) is 0 Å². The summed E-state index contributed by atoms with van der Waals surface area (Å²) in [5, 5.41) is 15.1. The molecule has 1 amide bonds. The summed E-state index contributed by atoms with van der Waals surface area (Å²) in [6, 6.07) is 14.5. The van der Waals surface area contributed by atoms with Gasteiger partial charge in [0.2, 0.25) is 5.91 Å². The lowest BCUT2D eigenvalue weighted by molar-refractivity contribution is -0.115. The minimum Gasteiger partial charge on any atom is -0.506 e. The topological polar surface area (TPSA) is 88.2 Å². The number of amides is 1. The van der Waals surface area contributed by atoms with Crippen LogP contribution in [0, 0.1) is 0 Å². The minimum absolute atomic E-state index is 0.0448. The number of thiazole rings is 1. The number of phenols is 1. The zero-order valence-electron chi connectivity index (χ0n) is 12.9. The summed E-state index contributed by atoms with van der Waals surface area (Å²) in [6.07, 6.45) is 0.154. The number of anilines is 1. The Morgan fingerprint density at radius 3 is 2.83 bits per heavy atom. The maximum Gasteiger partial charge on any atom is 0.230 e. The molecule has 0 bridgehead atoms. The van der Waals surface area contributed by atoms with Gasteiger partial charge in [-0.15, -0.1) is 11.3 Å². The monoisotopic (exact) mass is 339 g/mol. The van der Waals surface area contributed by atoms with Gasteiger partial charge < -0.3 is 16.2 Å². The number of benzene rings is 2. The third kappa shape index (κ3) is 3.79. The number of nitrogens with one attached hydrogen (secondary N) is 1. The number of hydrogen-bond acceptors (Lipinski definition) is 5. The van der Waals surface area contributed by atoms with Gasteiger partial charge in [0.1, 0.15) is 10.8 Å². The van der Waals surface area contributed by atoms with Crippen molar-refractivity contribution in [1.29, 1.82) is 0 Å². The summed E-state index contributed by atoms with van der Waals surface area (Å²) in [5.74, 6) is -0.174. The molecule has 0 atom stereocenters. The molecule has 3 aromatic rings. The minimum atomic E-state index is -0.218. The van der Waals surface area contributed by atoms with Crippen molar-refractivity contribution in [3.05, 3.63) is 65.2 Å². The van der Waals surface area contributed by atoms with Crippen LogP contribution in [0.5, 0.6) is 5.75 Å². The Morgan fingerprint density at radius 1 is 1.21 bits per heavy atom. The second kappa shape index (κ2) is 7.25. The van der Waals surface area contributed by atoms with Gasteiger partial charge in [0.25, 0.3) is 0 Å². The van der Waals surface area contributed by atoms with Crippen LogP contribution in [0.3, 0.4) is 0 Å². The highest BCUT2D eigenvalue weighted by molar-refractivity contribution is 7.13. The lowest BCUT2D eigenvalue weighted by Crippen LogP contribution is -2.14. The second-order valence-electron chi connectivity index (χ2n) is 5.29. The number of phenolic OH excluding ortho intramolecular Hbond substituents is 1. The molecule has 0 unspecified atom stereocenters. The van der Waals surface area contributed by atoms with Crippen molar-refractivity contribution in [2.24, 2.45) is 5.73 Å². The number of aromatic hydroxyl groups is 1. The van der Waals surface area contributed by atoms with Crippen LogP contribution in [0.2, 0.25) is 0 Å². The molecule has 3 rings (SSSR count). The van der Waals surface area contributed by atoms with Crippen molar-refractivity contribution in [3.8, 4) is 16.3 Å². The Bertz CT molecular complexity index is 861. The highest BCUT2D eigenvalue weighted by Crippen LogP contribution is 2.25. The van der Waals surface area contributed by atoms with Crippen molar-refractivity contribution in [3.63, 3.8) is 0 Å². The first-order valence-corrected chi connectivity index (χ1v) is 8.35. The predicted molar refractivity (Wildman–Crippen MR) is 95.9 cm³/mol. The summed E-state index contributed by atoms with van der Waals surface area (Å²) in [7, 11) is 0. The molecule has 0 aliphatic heterocycles. The van der Waals surface area contributed by atoms with Crippen LogP contribution in [0.15, 0.2) is 53.9 Å². The predicted octanol–water partition coefficient (Wildman–Crippen LogP) is 3.16. The molecule has 24 heavy (non-hydrogen) atoms. The highest BCUT2D eigenvalue weighted by atomic mass is 32.1. The first-order valence-electron chi connectivity index (χ1n) is 7.47. The van der Waals surface area contributed by atoms with Gasteiger partial charge >= 0.3 is 0 Å². The summed E-state index contributed by atoms with van der Waals surface area (Å²) < 4.78 is 0. The van der Waals surface area contributed by atoms with Gasteiger partial charge in [-0.25, -0.2) is 4.98 Å². The molecule has 0 radical (unpaired) electrons. The van der Waals surface area contributed by atoms with Gasteiger partial charge in [0.05, 0.1) is 17.8 Å². The van der Waals surface area contributed by atoms with Crippen LogP contribution in [-0.4, -0.2) is 16.0 Å². The van der Waals surface area contributed by atoms with Gasteiger partial charge in [0, 0.05) is 17.5 Å². The van der Waals surface area contributed by atoms with Crippen molar-refractivity contribution in [2.45, 2.75) is 13.0 Å². The number of carbonyl (C=O) groups is 1. The van der Waals surface area contributed by atoms with E-state index in [9.17, 15) is 9.90 Å². The Labute approximate surface area is 143 Å². The van der Waals surface area contributed by atoms with Crippen LogP contribution in [-0.2, 0) is 17.8 Å². The Kier molecular flexibility index (Phi) is 4.88. The molecule has 1 heterocycles. The van der Waals surface area contributed by atoms with E-state index in [1.54, 1.807) is 18.2 Å². The standard InChI is InChI=1S/C18H17N3O2S/c19-10-12-4-3-5-13(8-12)18-20-14(11-24-18)9-17(23)21-15-6-1-2-7-16(15)22/h1-8,11,22H,9-10,19H2,(H,21,23). The third-order valence-electron chi connectivity index (χ3n) is 3.48. The van der Waals surface area contributed by atoms with Gasteiger partial charge in [-0.2, -0.15) is 0 Å². The van der Waals surface area contributed by atoms with E-state index < -0.39 is 0 Å². The zero-order chi connectivity index (χ0) is 16.9.